The summed E-state index contributed by atoms with van der Waals surface area (Å²) in [5.41, 5.74) is 11.4. The molecule has 0 unspecified atom stereocenters. The van der Waals surface area contributed by atoms with Crippen LogP contribution in [0.25, 0.3) is 50.2 Å². The van der Waals surface area contributed by atoms with Crippen molar-refractivity contribution in [1.29, 1.82) is 0 Å². The van der Waals surface area contributed by atoms with Crippen molar-refractivity contribution in [2.45, 2.75) is 59.3 Å². The molecule has 0 bridgehead atoms. The van der Waals surface area contributed by atoms with E-state index in [0.29, 0.717) is 17.8 Å². The van der Waals surface area contributed by atoms with Crippen LogP contribution in [0.15, 0.2) is 89.3 Å². The zero-order valence-corrected chi connectivity index (χ0v) is 26.3. The van der Waals surface area contributed by atoms with Gasteiger partial charge < -0.3 is 8.98 Å². The molecule has 0 saturated carbocycles. The van der Waals surface area contributed by atoms with Gasteiger partial charge in [0.2, 0.25) is 0 Å². The normalized spacial score (nSPS) is 11.7. The van der Waals surface area contributed by atoms with Crippen LogP contribution in [0.1, 0.15) is 76.0 Å². The largest absolute Gasteiger partial charge is 0.557 e. The van der Waals surface area contributed by atoms with Gasteiger partial charge in [-0.2, -0.15) is 0 Å². The molecule has 205 valence electrons. The maximum Gasteiger partial charge on any atom is 0.0774 e. The third-order valence-electron chi connectivity index (χ3n) is 7.73. The molecule has 6 rings (SSSR count). The number of hydrogen-bond donors (Lipinski definition) is 0. The number of aromatic nitrogens is 2. The molecule has 1 radical (unpaired) electrons. The van der Waals surface area contributed by atoms with Crippen LogP contribution in [-0.2, 0) is 20.1 Å². The van der Waals surface area contributed by atoms with E-state index in [4.69, 9.17) is 9.40 Å². The summed E-state index contributed by atoms with van der Waals surface area (Å²) in [6.45, 7) is 13.6. The van der Waals surface area contributed by atoms with E-state index in [9.17, 15) is 0 Å². The van der Waals surface area contributed by atoms with E-state index < -0.39 is 0 Å². The molecule has 2 aromatic heterocycles. The average molecular weight is 704 g/mol. The van der Waals surface area contributed by atoms with Crippen LogP contribution in [0.3, 0.4) is 0 Å². The van der Waals surface area contributed by atoms with Crippen molar-refractivity contribution in [3.8, 4) is 28.2 Å². The molecule has 0 N–H and O–H groups in total. The summed E-state index contributed by atoms with van der Waals surface area (Å²) in [5.74, 6) is 1.91. The topological polar surface area (TPSA) is 31.0 Å². The van der Waals surface area contributed by atoms with E-state index in [-0.39, 0.29) is 20.1 Å². The summed E-state index contributed by atoms with van der Waals surface area (Å²) in [5, 5.41) is 1.05. The quantitative estimate of drug-likeness (QED) is 0.162. The Morgan fingerprint density at radius 3 is 2.00 bits per heavy atom. The van der Waals surface area contributed by atoms with Crippen molar-refractivity contribution in [2.24, 2.45) is 0 Å². The van der Waals surface area contributed by atoms with Crippen LogP contribution in [0.2, 0.25) is 0 Å². The first-order valence-corrected chi connectivity index (χ1v) is 14.0. The van der Waals surface area contributed by atoms with E-state index in [1.165, 1.54) is 33.5 Å². The Labute approximate surface area is 250 Å². The first-order chi connectivity index (χ1) is 18.8. The maximum atomic E-state index is 5.98. The number of benzene rings is 4. The molecule has 40 heavy (non-hydrogen) atoms. The number of furan rings is 1. The molecule has 0 spiro atoms. The first kappa shape index (κ1) is 28.1. The van der Waals surface area contributed by atoms with Crippen LogP contribution < -0.4 is 0 Å². The summed E-state index contributed by atoms with van der Waals surface area (Å²) in [4.78, 5) is 5.21. The Morgan fingerprint density at radius 2 is 1.35 bits per heavy atom. The molecule has 4 heteroatoms. The van der Waals surface area contributed by atoms with Crippen molar-refractivity contribution < 1.29 is 24.5 Å². The monoisotopic (exact) mass is 704 g/mol. The molecule has 0 aliphatic rings. The number of para-hydroxylation sites is 2. The second-order valence-electron chi connectivity index (χ2n) is 11.4. The van der Waals surface area contributed by atoms with Gasteiger partial charge in [0.15, 0.2) is 0 Å². The van der Waals surface area contributed by atoms with Gasteiger partial charge in [0.25, 0.3) is 0 Å². The molecule has 4 aromatic carbocycles. The van der Waals surface area contributed by atoms with Crippen LogP contribution in [0.5, 0.6) is 0 Å². The Balaban J connectivity index is 0.00000323. The molecule has 3 nitrogen and oxygen atoms in total. The Hall–Kier alpha value is -3.46. The number of hydrogen-bond acceptors (Lipinski definition) is 2. The summed E-state index contributed by atoms with van der Waals surface area (Å²) < 4.78 is 8.34. The van der Waals surface area contributed by atoms with Crippen molar-refractivity contribution >= 4 is 22.0 Å². The average Bonchev–Trinajstić information content (AvgIpc) is 3.53. The fourth-order valence-corrected chi connectivity index (χ4v) is 5.55. The molecule has 0 atom stereocenters. The van der Waals surface area contributed by atoms with Crippen LogP contribution in [-0.4, -0.2) is 9.55 Å². The zero-order valence-electron chi connectivity index (χ0n) is 24.0. The molecule has 2 heterocycles. The van der Waals surface area contributed by atoms with Crippen LogP contribution in [0.4, 0.5) is 0 Å². The molecule has 0 aliphatic carbocycles. The van der Waals surface area contributed by atoms with Crippen molar-refractivity contribution in [2.75, 3.05) is 0 Å². The number of imidazole rings is 1. The Bertz CT molecular complexity index is 1760. The van der Waals surface area contributed by atoms with Crippen LogP contribution >= 0.6 is 0 Å². The minimum Gasteiger partial charge on any atom is -0.557 e. The molecular formula is C36H35IrN2O-. The second kappa shape index (κ2) is 11.2. The standard InChI is InChI=1S/C36H35N2O.Ir/c1-22(2)26-16-17-34-30(18-26)31(21-39-34)36-37-32-14-10-11-15-33(32)38(36)35-28(23(3)4)19-27(20-29(35)24(5)6)25-12-8-7-9-13-25;/h7-20,22-24H,1-6H3;/q-1;. The third kappa shape index (κ3) is 4.85. The minimum atomic E-state index is 0. The first-order valence-electron chi connectivity index (χ1n) is 14.0. The van der Waals surface area contributed by atoms with Crippen molar-refractivity contribution in [3.63, 3.8) is 0 Å². The summed E-state index contributed by atoms with van der Waals surface area (Å²) in [6, 6.07) is 30.3. The van der Waals surface area contributed by atoms with E-state index in [0.717, 1.165) is 33.4 Å². The Morgan fingerprint density at radius 1 is 0.700 bits per heavy atom. The molecule has 0 saturated heterocycles. The molecule has 0 fully saturated rings. The molecule has 0 amide bonds. The molecule has 0 aliphatic heterocycles. The van der Waals surface area contributed by atoms with Gasteiger partial charge in [-0.25, -0.2) is 0 Å². The molecular weight excluding hydrogens is 669 g/mol. The molecule has 6 aromatic rings. The summed E-state index contributed by atoms with van der Waals surface area (Å²) in [6.07, 6.45) is 3.24. The van der Waals surface area contributed by atoms with Gasteiger partial charge in [-0.05, 0) is 64.3 Å². The SMILES string of the molecule is CC(C)c1ccc2o[c-]c(-c3nc4ccccc4n3-c3c(C(C)C)cc(-c4ccccc4)cc3C(C)C)c2c1.[Ir]. The van der Waals surface area contributed by atoms with Gasteiger partial charge in [-0.1, -0.05) is 119 Å². The number of nitrogens with zero attached hydrogens (tertiary/aromatic N) is 2. The van der Waals surface area contributed by atoms with Gasteiger partial charge >= 0.3 is 0 Å². The fraction of sp³-hybridized carbons (Fsp3) is 0.250. The minimum absolute atomic E-state index is 0. The second-order valence-corrected chi connectivity index (χ2v) is 11.4. The maximum absolute atomic E-state index is 5.98. The fourth-order valence-electron chi connectivity index (χ4n) is 5.55. The summed E-state index contributed by atoms with van der Waals surface area (Å²) >= 11 is 0. The van der Waals surface area contributed by atoms with Crippen molar-refractivity contribution in [1.82, 2.24) is 9.55 Å². The van der Waals surface area contributed by atoms with Crippen LogP contribution in [0, 0.1) is 6.26 Å². The van der Waals surface area contributed by atoms with E-state index in [2.05, 4.69) is 137 Å². The van der Waals surface area contributed by atoms with E-state index in [1.807, 2.05) is 0 Å². The smallest absolute Gasteiger partial charge is 0.0774 e. The van der Waals surface area contributed by atoms with E-state index in [1.54, 1.807) is 0 Å². The zero-order chi connectivity index (χ0) is 27.3. The number of rotatable bonds is 6. The van der Waals surface area contributed by atoms with Gasteiger partial charge in [0.1, 0.15) is 0 Å². The summed E-state index contributed by atoms with van der Waals surface area (Å²) in [7, 11) is 0. The third-order valence-corrected chi connectivity index (χ3v) is 7.73. The van der Waals surface area contributed by atoms with Gasteiger partial charge in [0, 0.05) is 37.6 Å². The predicted octanol–water partition coefficient (Wildman–Crippen LogP) is 10.3. The van der Waals surface area contributed by atoms with Crippen molar-refractivity contribution in [3.05, 3.63) is 108 Å². The van der Waals surface area contributed by atoms with E-state index >= 15 is 0 Å². The van der Waals surface area contributed by atoms with Gasteiger partial charge in [-0.3, -0.25) is 4.98 Å². The predicted molar refractivity (Wildman–Crippen MR) is 163 cm³/mol. The number of fused-ring (bicyclic) bond motifs is 2. The van der Waals surface area contributed by atoms with Gasteiger partial charge in [-0.15, -0.1) is 0 Å². The Kier molecular flexibility index (Phi) is 7.86. The van der Waals surface area contributed by atoms with Gasteiger partial charge in [0.05, 0.1) is 16.9 Å².